The average Bonchev–Trinajstić information content (AvgIpc) is 2.22. The van der Waals surface area contributed by atoms with Crippen molar-refractivity contribution < 1.29 is 13.2 Å². The molecule has 0 radical (unpaired) electrons. The number of rotatable bonds is 1. The highest BCUT2D eigenvalue weighted by Gasteiger charge is 2.22. The van der Waals surface area contributed by atoms with Crippen LogP contribution in [0.15, 0.2) is 11.0 Å². The Morgan fingerprint density at radius 2 is 2.00 bits per heavy atom. The summed E-state index contributed by atoms with van der Waals surface area (Å²) in [5.41, 5.74) is 2.49. The van der Waals surface area contributed by atoms with Gasteiger partial charge in [0, 0.05) is 10.7 Å². The monoisotopic (exact) mass is 260 g/mol. The van der Waals surface area contributed by atoms with Gasteiger partial charge >= 0.3 is 0 Å². The zero-order chi connectivity index (χ0) is 11.9. The number of hydrogen-bond acceptors (Lipinski definition) is 3. The molecule has 1 aliphatic heterocycles. The summed E-state index contributed by atoms with van der Waals surface area (Å²) >= 11 is 0. The Morgan fingerprint density at radius 3 is 2.62 bits per heavy atom. The van der Waals surface area contributed by atoms with Gasteiger partial charge in [-0.1, -0.05) is 0 Å². The molecule has 0 aromatic heterocycles. The molecule has 0 spiro atoms. The summed E-state index contributed by atoms with van der Waals surface area (Å²) in [6.07, 6.45) is 1.76. The van der Waals surface area contributed by atoms with E-state index in [-0.39, 0.29) is 4.90 Å². The summed E-state index contributed by atoms with van der Waals surface area (Å²) in [5, 5.41) is 0. The molecule has 1 aromatic rings. The van der Waals surface area contributed by atoms with E-state index in [9.17, 15) is 8.42 Å². The maximum absolute atomic E-state index is 11.4. The molecule has 0 unspecified atom stereocenters. The quantitative estimate of drug-likeness (QED) is 0.729. The van der Waals surface area contributed by atoms with Gasteiger partial charge in [0.05, 0.1) is 11.5 Å². The molecule has 1 aromatic carbocycles. The van der Waals surface area contributed by atoms with E-state index in [4.69, 9.17) is 15.4 Å². The Kier molecular flexibility index (Phi) is 2.88. The highest BCUT2D eigenvalue weighted by molar-refractivity contribution is 8.13. The predicted octanol–water partition coefficient (Wildman–Crippen LogP) is 2.56. The fourth-order valence-electron chi connectivity index (χ4n) is 2.00. The minimum absolute atomic E-state index is 0.205. The summed E-state index contributed by atoms with van der Waals surface area (Å²) in [7, 11) is 1.74. The fourth-order valence-corrected chi connectivity index (χ4v) is 3.29. The molecule has 0 aliphatic carbocycles. The highest BCUT2D eigenvalue weighted by Crippen LogP contribution is 2.35. The highest BCUT2D eigenvalue weighted by atomic mass is 35.7. The molecule has 3 nitrogen and oxygen atoms in total. The van der Waals surface area contributed by atoms with Crippen LogP contribution in [0.2, 0.25) is 0 Å². The molecule has 0 atom stereocenters. The Bertz CT molecular complexity index is 535. The minimum atomic E-state index is -3.67. The van der Waals surface area contributed by atoms with Gasteiger partial charge in [-0.05, 0) is 49.4 Å². The first-order valence-corrected chi connectivity index (χ1v) is 7.42. The van der Waals surface area contributed by atoms with Crippen LogP contribution in [0.4, 0.5) is 0 Å². The van der Waals surface area contributed by atoms with Crippen molar-refractivity contribution in [2.75, 3.05) is 6.61 Å². The number of ether oxygens (including phenoxy) is 1. The van der Waals surface area contributed by atoms with Crippen LogP contribution >= 0.6 is 10.7 Å². The minimum Gasteiger partial charge on any atom is -0.493 e. The van der Waals surface area contributed by atoms with Crippen molar-refractivity contribution in [1.82, 2.24) is 0 Å². The Hall–Kier alpha value is -0.740. The third kappa shape index (κ3) is 1.92. The Labute approximate surface area is 99.8 Å². The van der Waals surface area contributed by atoms with Crippen molar-refractivity contribution in [2.24, 2.45) is 0 Å². The van der Waals surface area contributed by atoms with E-state index in [1.807, 2.05) is 6.92 Å². The number of fused-ring (bicyclic) bond motifs is 1. The van der Waals surface area contributed by atoms with Crippen molar-refractivity contribution in [2.45, 2.75) is 31.6 Å². The van der Waals surface area contributed by atoms with E-state index in [1.165, 1.54) is 0 Å². The molecule has 0 bridgehead atoms. The molecule has 0 fully saturated rings. The average molecular weight is 261 g/mol. The van der Waals surface area contributed by atoms with E-state index in [0.29, 0.717) is 12.2 Å². The molecule has 0 saturated carbocycles. The summed E-state index contributed by atoms with van der Waals surface area (Å²) in [5.74, 6) is 0.827. The number of benzene rings is 1. The van der Waals surface area contributed by atoms with Crippen LogP contribution in [-0.2, 0) is 15.5 Å². The van der Waals surface area contributed by atoms with Gasteiger partial charge in [0.25, 0.3) is 9.05 Å². The molecular formula is C11H13ClO3S. The van der Waals surface area contributed by atoms with Crippen molar-refractivity contribution in [3.8, 4) is 5.75 Å². The van der Waals surface area contributed by atoms with Crippen LogP contribution in [0, 0.1) is 13.8 Å². The Balaban J connectivity index is 2.71. The summed E-state index contributed by atoms with van der Waals surface area (Å²) in [6.45, 7) is 4.31. The second-order valence-electron chi connectivity index (χ2n) is 4.00. The number of hydrogen-bond donors (Lipinski definition) is 0. The van der Waals surface area contributed by atoms with Crippen molar-refractivity contribution in [3.05, 3.63) is 22.8 Å². The maximum Gasteiger partial charge on any atom is 0.261 e. The van der Waals surface area contributed by atoms with Crippen molar-refractivity contribution in [1.29, 1.82) is 0 Å². The van der Waals surface area contributed by atoms with Crippen LogP contribution in [0.3, 0.4) is 0 Å². The maximum atomic E-state index is 11.4. The first kappa shape index (κ1) is 11.7. The molecule has 0 amide bonds. The van der Waals surface area contributed by atoms with Crippen LogP contribution in [0.1, 0.15) is 23.1 Å². The zero-order valence-electron chi connectivity index (χ0n) is 9.21. The third-order valence-corrected chi connectivity index (χ3v) is 4.42. The molecule has 5 heteroatoms. The standard InChI is InChI=1S/C11H13ClO3S/c1-7-8(2)11-9(4-3-5-15-11)6-10(7)16(12,13)14/h6H,3-5H2,1-2H3. The molecule has 2 rings (SSSR count). The number of halogens is 1. The lowest BCUT2D eigenvalue weighted by atomic mass is 9.99. The third-order valence-electron chi connectivity index (χ3n) is 2.97. The van der Waals surface area contributed by atoms with E-state index >= 15 is 0 Å². The second kappa shape index (κ2) is 3.93. The Morgan fingerprint density at radius 1 is 1.31 bits per heavy atom. The van der Waals surface area contributed by atoms with Gasteiger partial charge in [-0.25, -0.2) is 8.42 Å². The smallest absolute Gasteiger partial charge is 0.261 e. The van der Waals surface area contributed by atoms with Gasteiger partial charge in [0.1, 0.15) is 5.75 Å². The van der Waals surface area contributed by atoms with E-state index in [2.05, 4.69) is 0 Å². The van der Waals surface area contributed by atoms with Gasteiger partial charge in [-0.3, -0.25) is 0 Å². The lowest BCUT2D eigenvalue weighted by molar-refractivity contribution is 0.285. The largest absolute Gasteiger partial charge is 0.493 e. The first-order valence-electron chi connectivity index (χ1n) is 5.12. The fraction of sp³-hybridized carbons (Fsp3) is 0.455. The molecular weight excluding hydrogens is 248 g/mol. The van der Waals surface area contributed by atoms with Crippen molar-refractivity contribution >= 4 is 19.7 Å². The van der Waals surface area contributed by atoms with E-state index in [0.717, 1.165) is 29.7 Å². The van der Waals surface area contributed by atoms with E-state index in [1.54, 1.807) is 13.0 Å². The molecule has 16 heavy (non-hydrogen) atoms. The van der Waals surface area contributed by atoms with E-state index < -0.39 is 9.05 Å². The molecule has 0 saturated heterocycles. The molecule has 0 N–H and O–H groups in total. The van der Waals surface area contributed by atoms with Crippen LogP contribution in [0.25, 0.3) is 0 Å². The molecule has 1 heterocycles. The molecule has 1 aliphatic rings. The SMILES string of the molecule is Cc1c(S(=O)(=O)Cl)cc2c(c1C)OCCC2. The van der Waals surface area contributed by atoms with Gasteiger partial charge in [0.15, 0.2) is 0 Å². The predicted molar refractivity (Wildman–Crippen MR) is 62.8 cm³/mol. The van der Waals surface area contributed by atoms with Crippen LogP contribution in [-0.4, -0.2) is 15.0 Å². The topological polar surface area (TPSA) is 43.4 Å². The van der Waals surface area contributed by atoms with Crippen LogP contribution < -0.4 is 4.74 Å². The lowest BCUT2D eigenvalue weighted by Gasteiger charge is -2.21. The van der Waals surface area contributed by atoms with Crippen molar-refractivity contribution in [3.63, 3.8) is 0 Å². The van der Waals surface area contributed by atoms with Gasteiger partial charge < -0.3 is 4.74 Å². The van der Waals surface area contributed by atoms with Gasteiger partial charge in [0.2, 0.25) is 0 Å². The summed E-state index contributed by atoms with van der Waals surface area (Å²) in [6, 6.07) is 1.64. The summed E-state index contributed by atoms with van der Waals surface area (Å²) < 4.78 is 28.4. The molecule has 88 valence electrons. The normalized spacial score (nSPS) is 15.4. The number of aryl methyl sites for hydroxylation is 1. The van der Waals surface area contributed by atoms with Gasteiger partial charge in [-0.15, -0.1) is 0 Å². The second-order valence-corrected chi connectivity index (χ2v) is 6.54. The van der Waals surface area contributed by atoms with Gasteiger partial charge in [-0.2, -0.15) is 0 Å². The summed E-state index contributed by atoms with van der Waals surface area (Å²) in [4.78, 5) is 0.205. The van der Waals surface area contributed by atoms with Crippen LogP contribution in [0.5, 0.6) is 5.75 Å². The first-order chi connectivity index (χ1) is 7.41. The lowest BCUT2D eigenvalue weighted by Crippen LogP contribution is -2.12. The zero-order valence-corrected chi connectivity index (χ0v) is 10.8.